The summed E-state index contributed by atoms with van der Waals surface area (Å²) in [7, 11) is 0. The molecule has 1 aromatic rings. The van der Waals surface area contributed by atoms with Gasteiger partial charge in [-0.05, 0) is 19.4 Å². The molecule has 8 heteroatoms. The Labute approximate surface area is 166 Å². The molecule has 1 radical (unpaired) electrons. The Bertz CT molecular complexity index is 667. The Hall–Kier alpha value is -1.02. The van der Waals surface area contributed by atoms with E-state index in [0.29, 0.717) is 0 Å². The number of β-lactam (4-membered cyclic amide) rings is 1. The minimum absolute atomic E-state index is 0. The van der Waals surface area contributed by atoms with Gasteiger partial charge in [0.2, 0.25) is 11.8 Å². The monoisotopic (exact) mass is 357 g/mol. The summed E-state index contributed by atoms with van der Waals surface area (Å²) in [6.45, 7) is 3.62. The van der Waals surface area contributed by atoms with E-state index in [4.69, 9.17) is 0 Å². The first-order valence-corrected chi connectivity index (χ1v) is 8.25. The maximum Gasteiger partial charge on any atom is 0.327 e. The summed E-state index contributed by atoms with van der Waals surface area (Å²) in [6, 6.07) is 7.78. The molecule has 3 atom stereocenters. The molecule has 6 nitrogen and oxygen atoms in total. The zero-order valence-corrected chi connectivity index (χ0v) is 16.7. The SMILES string of the molecule is CC1(C)SC2C(NC(=O)Cc3ccccc3)C(=O)N2C1C(=O)O.[Na]. The maximum atomic E-state index is 12.3. The summed E-state index contributed by atoms with van der Waals surface area (Å²) in [6.07, 6.45) is 0.202. The molecule has 2 aliphatic rings. The van der Waals surface area contributed by atoms with E-state index in [-0.39, 0.29) is 53.2 Å². The molecular weight excluding hydrogens is 339 g/mol. The Morgan fingerprint density at radius 3 is 2.50 bits per heavy atom. The van der Waals surface area contributed by atoms with Crippen molar-refractivity contribution in [3.05, 3.63) is 35.9 Å². The zero-order valence-electron chi connectivity index (χ0n) is 13.9. The average molecular weight is 357 g/mol. The second-order valence-corrected chi connectivity index (χ2v) is 8.08. The summed E-state index contributed by atoms with van der Waals surface area (Å²) in [5.74, 6) is -1.55. The number of benzene rings is 1. The second kappa shape index (κ2) is 7.07. The first kappa shape index (κ1) is 19.3. The van der Waals surface area contributed by atoms with E-state index < -0.39 is 22.8 Å². The number of rotatable bonds is 4. The van der Waals surface area contributed by atoms with Crippen molar-refractivity contribution in [2.24, 2.45) is 0 Å². The van der Waals surface area contributed by atoms with Crippen LogP contribution in [-0.4, -0.2) is 79.6 Å². The van der Waals surface area contributed by atoms with Crippen LogP contribution in [0.2, 0.25) is 0 Å². The molecule has 2 aliphatic heterocycles. The van der Waals surface area contributed by atoms with Gasteiger partial charge in [-0.15, -0.1) is 11.8 Å². The molecule has 1 aromatic carbocycles. The molecule has 2 saturated heterocycles. The molecule has 0 bridgehead atoms. The van der Waals surface area contributed by atoms with Crippen LogP contribution in [0.15, 0.2) is 30.3 Å². The van der Waals surface area contributed by atoms with E-state index in [1.54, 1.807) is 0 Å². The van der Waals surface area contributed by atoms with Crippen molar-refractivity contribution >= 4 is 59.1 Å². The van der Waals surface area contributed by atoms with Gasteiger partial charge in [-0.25, -0.2) is 4.79 Å². The van der Waals surface area contributed by atoms with E-state index in [1.165, 1.54) is 16.7 Å². The number of hydrogen-bond acceptors (Lipinski definition) is 4. The van der Waals surface area contributed by atoms with Gasteiger partial charge in [-0.2, -0.15) is 0 Å². The van der Waals surface area contributed by atoms with Gasteiger partial charge in [0.15, 0.2) is 0 Å². The number of nitrogens with zero attached hydrogens (tertiary/aromatic N) is 1. The van der Waals surface area contributed by atoms with Gasteiger partial charge >= 0.3 is 5.97 Å². The van der Waals surface area contributed by atoms with Crippen LogP contribution in [0.1, 0.15) is 19.4 Å². The number of fused-ring (bicyclic) bond motifs is 1. The number of carbonyl (C=O) groups excluding carboxylic acids is 2. The molecule has 0 spiro atoms. The standard InChI is InChI=1S/C16H18N2O4S.Na/c1-16(2)12(15(21)22)18-13(20)11(14(18)23-16)17-10(19)8-9-6-4-3-5-7-9;/h3-7,11-12,14H,8H2,1-2H3,(H,17,19)(H,21,22);. The van der Waals surface area contributed by atoms with Crippen molar-refractivity contribution in [2.45, 2.75) is 42.5 Å². The van der Waals surface area contributed by atoms with Crippen LogP contribution in [0.25, 0.3) is 0 Å². The van der Waals surface area contributed by atoms with Gasteiger partial charge in [-0.3, -0.25) is 9.59 Å². The first-order valence-electron chi connectivity index (χ1n) is 7.37. The number of amides is 2. The molecule has 123 valence electrons. The fourth-order valence-corrected chi connectivity index (χ4v) is 4.78. The quantitative estimate of drug-likeness (QED) is 0.605. The second-order valence-electron chi connectivity index (χ2n) is 6.31. The van der Waals surface area contributed by atoms with Gasteiger partial charge in [-0.1, -0.05) is 30.3 Å². The number of carboxylic acid groups (broad SMARTS) is 1. The molecule has 0 aromatic heterocycles. The van der Waals surface area contributed by atoms with Crippen LogP contribution >= 0.6 is 11.8 Å². The van der Waals surface area contributed by atoms with E-state index in [9.17, 15) is 19.5 Å². The summed E-state index contributed by atoms with van der Waals surface area (Å²) >= 11 is 1.42. The molecular formula is C16H18N2NaO4S. The molecule has 2 amide bonds. The fraction of sp³-hybridized carbons (Fsp3) is 0.438. The first-order chi connectivity index (χ1) is 10.8. The third kappa shape index (κ3) is 3.35. The van der Waals surface area contributed by atoms with E-state index in [2.05, 4.69) is 5.32 Å². The topological polar surface area (TPSA) is 86.7 Å². The maximum absolute atomic E-state index is 12.3. The average Bonchev–Trinajstić information content (AvgIpc) is 2.74. The van der Waals surface area contributed by atoms with Crippen molar-refractivity contribution < 1.29 is 19.5 Å². The molecule has 2 fully saturated rings. The zero-order chi connectivity index (χ0) is 16.8. The van der Waals surface area contributed by atoms with E-state index in [0.717, 1.165) is 5.56 Å². The molecule has 3 unspecified atom stereocenters. The number of thioether (sulfide) groups is 1. The predicted octanol–water partition coefficient (Wildman–Crippen LogP) is 0.480. The molecule has 0 saturated carbocycles. The third-order valence-corrected chi connectivity index (χ3v) is 5.77. The van der Waals surface area contributed by atoms with Gasteiger partial charge in [0.05, 0.1) is 6.42 Å². The fourth-order valence-electron chi connectivity index (χ4n) is 3.15. The Kier molecular flexibility index (Phi) is 5.69. The third-order valence-electron chi connectivity index (χ3n) is 4.20. The van der Waals surface area contributed by atoms with Crippen molar-refractivity contribution in [2.75, 3.05) is 0 Å². The summed E-state index contributed by atoms with van der Waals surface area (Å²) in [5.41, 5.74) is 0.872. The Morgan fingerprint density at radius 2 is 1.92 bits per heavy atom. The summed E-state index contributed by atoms with van der Waals surface area (Å²) in [4.78, 5) is 37.2. The Balaban J connectivity index is 0.00000208. The van der Waals surface area contributed by atoms with Crippen LogP contribution in [0, 0.1) is 0 Å². The van der Waals surface area contributed by atoms with Crippen LogP contribution in [-0.2, 0) is 20.8 Å². The van der Waals surface area contributed by atoms with Crippen molar-refractivity contribution in [3.63, 3.8) is 0 Å². The van der Waals surface area contributed by atoms with Gasteiger partial charge < -0.3 is 15.3 Å². The number of hydrogen-bond donors (Lipinski definition) is 2. The summed E-state index contributed by atoms with van der Waals surface area (Å²) < 4.78 is -0.578. The minimum atomic E-state index is -1.01. The molecule has 3 rings (SSSR count). The van der Waals surface area contributed by atoms with Crippen LogP contribution in [0.3, 0.4) is 0 Å². The van der Waals surface area contributed by atoms with E-state index >= 15 is 0 Å². The summed E-state index contributed by atoms with van der Waals surface area (Å²) in [5, 5.41) is 11.8. The number of nitrogens with one attached hydrogen (secondary N) is 1. The van der Waals surface area contributed by atoms with Crippen LogP contribution < -0.4 is 5.32 Å². The normalized spacial score (nSPS) is 26.8. The van der Waals surface area contributed by atoms with E-state index in [1.807, 2.05) is 44.2 Å². The number of aliphatic carboxylic acids is 1. The van der Waals surface area contributed by atoms with Gasteiger partial charge in [0.1, 0.15) is 17.5 Å². The molecule has 24 heavy (non-hydrogen) atoms. The van der Waals surface area contributed by atoms with Gasteiger partial charge in [0, 0.05) is 34.3 Å². The molecule has 0 aliphatic carbocycles. The number of carboxylic acids is 1. The number of carbonyl (C=O) groups is 3. The Morgan fingerprint density at radius 1 is 1.29 bits per heavy atom. The minimum Gasteiger partial charge on any atom is -0.480 e. The van der Waals surface area contributed by atoms with Crippen molar-refractivity contribution in [1.29, 1.82) is 0 Å². The largest absolute Gasteiger partial charge is 0.480 e. The predicted molar refractivity (Wildman–Crippen MR) is 91.6 cm³/mol. The van der Waals surface area contributed by atoms with Crippen molar-refractivity contribution in [3.8, 4) is 0 Å². The molecule has 2 heterocycles. The van der Waals surface area contributed by atoms with Crippen LogP contribution in [0.5, 0.6) is 0 Å². The molecule has 2 N–H and O–H groups in total. The van der Waals surface area contributed by atoms with Crippen molar-refractivity contribution in [1.82, 2.24) is 10.2 Å². The van der Waals surface area contributed by atoms with Crippen LogP contribution in [0.4, 0.5) is 0 Å². The van der Waals surface area contributed by atoms with Gasteiger partial charge in [0.25, 0.3) is 0 Å². The smallest absolute Gasteiger partial charge is 0.327 e.